The highest BCUT2D eigenvalue weighted by Crippen LogP contribution is 2.42. The molecular weight excluding hydrogens is 280 g/mol. The van der Waals surface area contributed by atoms with Crippen LogP contribution in [0.15, 0.2) is 18.2 Å². The molecule has 1 fully saturated rings. The zero-order chi connectivity index (χ0) is 16.3. The molecule has 1 N–H and O–H groups in total. The molecule has 0 radical (unpaired) electrons. The highest BCUT2D eigenvalue weighted by molar-refractivity contribution is 5.97. The van der Waals surface area contributed by atoms with E-state index >= 15 is 0 Å². The van der Waals surface area contributed by atoms with E-state index in [4.69, 9.17) is 9.47 Å². The predicted octanol–water partition coefficient (Wildman–Crippen LogP) is 3.10. The minimum absolute atomic E-state index is 0.0146. The highest BCUT2D eigenvalue weighted by atomic mass is 16.5. The van der Waals surface area contributed by atoms with Crippen LogP contribution in [0, 0.1) is 17.2 Å². The number of amides is 1. The second-order valence-electron chi connectivity index (χ2n) is 6.03. The first kappa shape index (κ1) is 16.3. The summed E-state index contributed by atoms with van der Waals surface area (Å²) < 4.78 is 11.0. The van der Waals surface area contributed by atoms with E-state index in [2.05, 4.69) is 11.4 Å². The van der Waals surface area contributed by atoms with E-state index in [1.165, 1.54) is 0 Å². The van der Waals surface area contributed by atoms with Gasteiger partial charge in [0.2, 0.25) is 0 Å². The van der Waals surface area contributed by atoms with E-state index in [0.29, 0.717) is 17.0 Å². The fraction of sp³-hybridized carbons (Fsp3) is 0.529. The fourth-order valence-corrected chi connectivity index (χ4v) is 2.39. The second-order valence-corrected chi connectivity index (χ2v) is 6.03. The fourth-order valence-electron chi connectivity index (χ4n) is 2.39. The molecule has 5 heteroatoms. The second kappa shape index (κ2) is 6.37. The predicted molar refractivity (Wildman–Crippen MR) is 83.7 cm³/mol. The summed E-state index contributed by atoms with van der Waals surface area (Å²) in [5.41, 5.74) is 0.151. The summed E-state index contributed by atoms with van der Waals surface area (Å²) in [6.45, 7) is 5.61. The van der Waals surface area contributed by atoms with Gasteiger partial charge >= 0.3 is 0 Å². The van der Waals surface area contributed by atoms with Gasteiger partial charge in [-0.15, -0.1) is 0 Å². The van der Waals surface area contributed by atoms with Crippen LogP contribution in [-0.2, 0) is 9.53 Å². The molecule has 1 aromatic carbocycles. The zero-order valence-electron chi connectivity index (χ0n) is 13.5. The highest BCUT2D eigenvalue weighted by Gasteiger charge is 2.47. The molecule has 0 unspecified atom stereocenters. The number of carbonyl (C=O) groups is 1. The summed E-state index contributed by atoms with van der Waals surface area (Å²) in [7, 11) is 1.55. The molecule has 0 heterocycles. The van der Waals surface area contributed by atoms with Gasteiger partial charge in [0.25, 0.3) is 5.91 Å². The molecule has 0 saturated heterocycles. The summed E-state index contributed by atoms with van der Waals surface area (Å²) >= 11 is 0. The number of ether oxygens (including phenoxy) is 2. The largest absolute Gasteiger partial charge is 0.490 e. The molecule has 0 bridgehead atoms. The molecule has 1 aliphatic rings. The van der Waals surface area contributed by atoms with Crippen molar-refractivity contribution in [2.75, 3.05) is 12.4 Å². The van der Waals surface area contributed by atoms with Crippen LogP contribution in [0.2, 0.25) is 0 Å². The number of carbonyl (C=O) groups excluding carboxylic acids is 1. The maximum atomic E-state index is 12.5. The van der Waals surface area contributed by atoms with E-state index in [-0.39, 0.29) is 17.9 Å². The first-order valence-corrected chi connectivity index (χ1v) is 7.48. The van der Waals surface area contributed by atoms with Crippen molar-refractivity contribution in [2.24, 2.45) is 5.92 Å². The topological polar surface area (TPSA) is 71.3 Å². The van der Waals surface area contributed by atoms with Gasteiger partial charge in [0, 0.05) is 12.8 Å². The van der Waals surface area contributed by atoms with Gasteiger partial charge < -0.3 is 14.8 Å². The monoisotopic (exact) mass is 302 g/mol. The molecule has 118 valence electrons. The van der Waals surface area contributed by atoms with Crippen LogP contribution in [0.25, 0.3) is 0 Å². The van der Waals surface area contributed by atoms with Crippen LogP contribution in [0.4, 0.5) is 5.69 Å². The molecule has 1 saturated carbocycles. The van der Waals surface area contributed by atoms with Crippen molar-refractivity contribution in [2.45, 2.75) is 45.3 Å². The smallest absolute Gasteiger partial charge is 0.256 e. The number of benzene rings is 1. The van der Waals surface area contributed by atoms with E-state index in [0.717, 1.165) is 12.8 Å². The first-order chi connectivity index (χ1) is 10.4. The van der Waals surface area contributed by atoms with Gasteiger partial charge in [-0.25, -0.2) is 0 Å². The molecule has 22 heavy (non-hydrogen) atoms. The third-order valence-electron chi connectivity index (χ3n) is 3.95. The lowest BCUT2D eigenvalue weighted by Gasteiger charge is -2.26. The van der Waals surface area contributed by atoms with Gasteiger partial charge in [-0.1, -0.05) is 0 Å². The Bertz CT molecular complexity index is 602. The Labute approximate surface area is 131 Å². The number of nitrogens with one attached hydrogen (secondary N) is 1. The third-order valence-corrected chi connectivity index (χ3v) is 3.95. The van der Waals surface area contributed by atoms with Crippen molar-refractivity contribution < 1.29 is 14.3 Å². The number of hydrogen-bond acceptors (Lipinski definition) is 4. The van der Waals surface area contributed by atoms with Crippen molar-refractivity contribution in [3.05, 3.63) is 23.8 Å². The van der Waals surface area contributed by atoms with Crippen molar-refractivity contribution >= 4 is 11.6 Å². The average molecular weight is 302 g/mol. The van der Waals surface area contributed by atoms with Gasteiger partial charge in [-0.05, 0) is 57.7 Å². The van der Waals surface area contributed by atoms with Gasteiger partial charge in [0.15, 0.2) is 0 Å². The molecule has 1 amide bonds. The molecule has 1 aliphatic carbocycles. The summed E-state index contributed by atoms with van der Waals surface area (Å²) in [6, 6.07) is 7.16. The van der Waals surface area contributed by atoms with Gasteiger partial charge in [-0.3, -0.25) is 4.79 Å². The zero-order valence-corrected chi connectivity index (χ0v) is 13.5. The minimum atomic E-state index is -0.820. The minimum Gasteiger partial charge on any atom is -0.490 e. The van der Waals surface area contributed by atoms with Crippen LogP contribution in [0.5, 0.6) is 5.75 Å². The van der Waals surface area contributed by atoms with Crippen molar-refractivity contribution in [1.82, 2.24) is 0 Å². The SMILES string of the molecule is CO[C@@](C)(C(=O)Nc1ccc(OC(C)C)c(C#N)c1)C1CC1. The maximum Gasteiger partial charge on any atom is 0.256 e. The van der Waals surface area contributed by atoms with Crippen LogP contribution in [-0.4, -0.2) is 24.7 Å². The van der Waals surface area contributed by atoms with E-state index in [1.54, 1.807) is 32.2 Å². The third kappa shape index (κ3) is 3.40. The lowest BCUT2D eigenvalue weighted by molar-refractivity contribution is -0.138. The Kier molecular flexibility index (Phi) is 4.72. The van der Waals surface area contributed by atoms with E-state index in [9.17, 15) is 10.1 Å². The Balaban J connectivity index is 2.16. The number of rotatable bonds is 6. The molecule has 1 aromatic rings. The summed E-state index contributed by atoms with van der Waals surface area (Å²) in [4.78, 5) is 12.5. The first-order valence-electron chi connectivity index (χ1n) is 7.48. The van der Waals surface area contributed by atoms with E-state index in [1.807, 2.05) is 13.8 Å². The Hall–Kier alpha value is -2.06. The van der Waals surface area contributed by atoms with Crippen LogP contribution < -0.4 is 10.1 Å². The van der Waals surface area contributed by atoms with Crippen LogP contribution >= 0.6 is 0 Å². The molecule has 1 atom stereocenters. The Morgan fingerprint density at radius 3 is 2.64 bits per heavy atom. The molecule has 5 nitrogen and oxygen atoms in total. The van der Waals surface area contributed by atoms with Crippen LogP contribution in [0.3, 0.4) is 0 Å². The average Bonchev–Trinajstić information content (AvgIpc) is 3.32. The normalized spacial score (nSPS) is 16.7. The maximum absolute atomic E-state index is 12.5. The summed E-state index contributed by atoms with van der Waals surface area (Å²) in [5.74, 6) is 0.600. The lowest BCUT2D eigenvalue weighted by Crippen LogP contribution is -2.44. The van der Waals surface area contributed by atoms with Crippen molar-refractivity contribution in [3.63, 3.8) is 0 Å². The number of methoxy groups -OCH3 is 1. The van der Waals surface area contributed by atoms with Crippen LogP contribution in [0.1, 0.15) is 39.2 Å². The number of hydrogen-bond donors (Lipinski definition) is 1. The van der Waals surface area contributed by atoms with Crippen molar-refractivity contribution in [1.29, 1.82) is 5.26 Å². The molecular formula is C17H22N2O3. The number of nitrogens with zero attached hydrogens (tertiary/aromatic N) is 1. The summed E-state index contributed by atoms with van der Waals surface area (Å²) in [5, 5.41) is 12.1. The summed E-state index contributed by atoms with van der Waals surface area (Å²) in [6.07, 6.45) is 1.99. The van der Waals surface area contributed by atoms with Gasteiger partial charge in [-0.2, -0.15) is 5.26 Å². The lowest BCUT2D eigenvalue weighted by atomic mass is 9.99. The standard InChI is InChI=1S/C17H22N2O3/c1-11(2)22-15-8-7-14(9-12(15)10-18)19-16(20)17(3,21-4)13-5-6-13/h7-9,11,13H,5-6H2,1-4H3,(H,19,20)/t17-/m1/s1. The molecule has 0 spiro atoms. The Morgan fingerprint density at radius 1 is 1.45 bits per heavy atom. The number of anilines is 1. The van der Waals surface area contributed by atoms with Crippen molar-refractivity contribution in [3.8, 4) is 11.8 Å². The molecule has 0 aliphatic heterocycles. The number of nitriles is 1. The quantitative estimate of drug-likeness (QED) is 0.876. The molecule has 2 rings (SSSR count). The van der Waals surface area contributed by atoms with Gasteiger partial charge in [0.05, 0.1) is 11.7 Å². The Morgan fingerprint density at radius 2 is 2.14 bits per heavy atom. The molecule has 0 aromatic heterocycles. The van der Waals surface area contributed by atoms with Gasteiger partial charge in [0.1, 0.15) is 17.4 Å². The van der Waals surface area contributed by atoms with E-state index < -0.39 is 5.60 Å².